The van der Waals surface area contributed by atoms with Crippen molar-refractivity contribution in [1.29, 1.82) is 0 Å². The Hall–Kier alpha value is -0.0900. The van der Waals surface area contributed by atoms with Crippen LogP contribution < -0.4 is 5.32 Å². The minimum atomic E-state index is -3.00. The normalized spacial score (nSPS) is 34.2. The van der Waals surface area contributed by atoms with Gasteiger partial charge in [0.15, 0.2) is 9.84 Å². The fourth-order valence-corrected chi connectivity index (χ4v) is 6.30. The van der Waals surface area contributed by atoms with E-state index in [9.17, 15) is 8.42 Å². The molecule has 5 unspecified atom stereocenters. The second-order valence-electron chi connectivity index (χ2n) is 6.53. The topological polar surface area (TPSA) is 46.2 Å². The van der Waals surface area contributed by atoms with Crippen molar-refractivity contribution < 1.29 is 8.42 Å². The van der Waals surface area contributed by atoms with E-state index in [-0.39, 0.29) is 23.1 Å². The lowest BCUT2D eigenvalue weighted by Crippen LogP contribution is -2.52. The summed E-state index contributed by atoms with van der Waals surface area (Å²) in [6.45, 7) is 11.4. The van der Waals surface area contributed by atoms with E-state index < -0.39 is 9.84 Å². The average molecular weight is 289 g/mol. The lowest BCUT2D eigenvalue weighted by atomic mass is 9.80. The molecule has 0 bridgehead atoms. The molecule has 0 spiro atoms. The van der Waals surface area contributed by atoms with Crippen molar-refractivity contribution in [3.63, 3.8) is 0 Å². The minimum absolute atomic E-state index is 0.137. The zero-order valence-electron chi connectivity index (χ0n) is 13.1. The Morgan fingerprint density at radius 3 is 2.37 bits per heavy atom. The Morgan fingerprint density at radius 2 is 1.84 bits per heavy atom. The highest BCUT2D eigenvalue weighted by molar-refractivity contribution is 7.92. The van der Waals surface area contributed by atoms with E-state index in [0.717, 1.165) is 25.8 Å². The Morgan fingerprint density at radius 1 is 1.21 bits per heavy atom. The molecule has 1 saturated carbocycles. The number of hydrogen-bond donors (Lipinski definition) is 1. The second kappa shape index (κ2) is 7.07. The molecule has 1 N–H and O–H groups in total. The Labute approximate surface area is 119 Å². The van der Waals surface area contributed by atoms with Gasteiger partial charge in [-0.3, -0.25) is 0 Å². The predicted molar refractivity (Wildman–Crippen MR) is 82.1 cm³/mol. The van der Waals surface area contributed by atoms with Gasteiger partial charge in [0.25, 0.3) is 0 Å². The van der Waals surface area contributed by atoms with Crippen LogP contribution >= 0.6 is 0 Å². The Bertz CT molecular complexity index is 366. The van der Waals surface area contributed by atoms with Crippen LogP contribution in [0.25, 0.3) is 0 Å². The van der Waals surface area contributed by atoms with Crippen molar-refractivity contribution in [3.05, 3.63) is 0 Å². The van der Waals surface area contributed by atoms with Crippen molar-refractivity contribution in [2.45, 2.75) is 65.2 Å². The molecule has 0 aromatic heterocycles. The van der Waals surface area contributed by atoms with E-state index >= 15 is 0 Å². The van der Waals surface area contributed by atoms with Gasteiger partial charge in [0.2, 0.25) is 0 Å². The molecule has 19 heavy (non-hydrogen) atoms. The number of sulfone groups is 1. The number of nitrogens with one attached hydrogen (secondary N) is 1. The molecule has 0 aromatic rings. The summed E-state index contributed by atoms with van der Waals surface area (Å²) in [5.41, 5.74) is 0. The molecule has 1 fully saturated rings. The molecular weight excluding hydrogens is 258 g/mol. The molecule has 4 heteroatoms. The van der Waals surface area contributed by atoms with Gasteiger partial charge >= 0.3 is 0 Å². The zero-order valence-corrected chi connectivity index (χ0v) is 14.0. The summed E-state index contributed by atoms with van der Waals surface area (Å²) < 4.78 is 25.4. The van der Waals surface area contributed by atoms with Crippen LogP contribution in [-0.2, 0) is 9.84 Å². The van der Waals surface area contributed by atoms with Crippen molar-refractivity contribution in [2.75, 3.05) is 12.3 Å². The first kappa shape index (κ1) is 17.0. The van der Waals surface area contributed by atoms with Gasteiger partial charge in [-0.15, -0.1) is 0 Å². The molecule has 0 heterocycles. The molecule has 0 saturated heterocycles. The smallest absolute Gasteiger partial charge is 0.155 e. The van der Waals surface area contributed by atoms with Gasteiger partial charge in [-0.2, -0.15) is 0 Å². The first-order valence-electron chi connectivity index (χ1n) is 7.76. The molecule has 0 radical (unpaired) electrons. The monoisotopic (exact) mass is 289 g/mol. The third-order valence-corrected chi connectivity index (χ3v) is 7.14. The molecular formula is C15H31NO2S. The van der Waals surface area contributed by atoms with Crippen LogP contribution in [-0.4, -0.2) is 32.0 Å². The van der Waals surface area contributed by atoms with Crippen LogP contribution in [0.15, 0.2) is 0 Å². The Balaban J connectivity index is 2.91. The lowest BCUT2D eigenvalue weighted by molar-refractivity contribution is 0.243. The summed E-state index contributed by atoms with van der Waals surface area (Å²) in [7, 11) is -3.00. The average Bonchev–Trinajstić information content (AvgIpc) is 2.27. The van der Waals surface area contributed by atoms with Gasteiger partial charge in [-0.1, -0.05) is 41.0 Å². The SMILES string of the molecule is CCNC1CC(C)CC(C)C1S(=O)(=O)CC(C)CC. The van der Waals surface area contributed by atoms with Crippen molar-refractivity contribution >= 4 is 9.84 Å². The van der Waals surface area contributed by atoms with Crippen LogP contribution in [0.1, 0.15) is 53.9 Å². The summed E-state index contributed by atoms with van der Waals surface area (Å²) in [6.07, 6.45) is 2.96. The quantitative estimate of drug-likeness (QED) is 0.818. The van der Waals surface area contributed by atoms with Gasteiger partial charge in [0.05, 0.1) is 11.0 Å². The summed E-state index contributed by atoms with van der Waals surface area (Å²) in [6, 6.07) is 0.137. The van der Waals surface area contributed by atoms with E-state index in [1.807, 2.05) is 6.92 Å². The maximum atomic E-state index is 12.7. The molecule has 5 atom stereocenters. The number of hydrogen-bond acceptors (Lipinski definition) is 3. The molecule has 1 rings (SSSR count). The molecule has 0 aromatic carbocycles. The maximum Gasteiger partial charge on any atom is 0.155 e. The highest BCUT2D eigenvalue weighted by atomic mass is 32.2. The largest absolute Gasteiger partial charge is 0.313 e. The fourth-order valence-electron chi connectivity index (χ4n) is 3.52. The molecule has 3 nitrogen and oxygen atoms in total. The molecule has 0 aliphatic heterocycles. The predicted octanol–water partition coefficient (Wildman–Crippen LogP) is 2.86. The van der Waals surface area contributed by atoms with Crippen molar-refractivity contribution in [2.24, 2.45) is 17.8 Å². The van der Waals surface area contributed by atoms with E-state index in [4.69, 9.17) is 0 Å². The summed E-state index contributed by atoms with van der Waals surface area (Å²) in [5.74, 6) is 1.49. The van der Waals surface area contributed by atoms with Crippen molar-refractivity contribution in [1.82, 2.24) is 5.32 Å². The van der Waals surface area contributed by atoms with E-state index in [1.165, 1.54) is 0 Å². The second-order valence-corrected chi connectivity index (χ2v) is 8.73. The first-order valence-corrected chi connectivity index (χ1v) is 9.48. The summed E-state index contributed by atoms with van der Waals surface area (Å²) in [4.78, 5) is 0. The van der Waals surface area contributed by atoms with Crippen LogP contribution in [0, 0.1) is 17.8 Å². The maximum absolute atomic E-state index is 12.7. The minimum Gasteiger partial charge on any atom is -0.313 e. The van der Waals surface area contributed by atoms with Crippen LogP contribution in [0.2, 0.25) is 0 Å². The Kier molecular flexibility index (Phi) is 6.31. The number of rotatable bonds is 6. The van der Waals surface area contributed by atoms with E-state index in [0.29, 0.717) is 11.7 Å². The molecule has 1 aliphatic carbocycles. The van der Waals surface area contributed by atoms with E-state index in [2.05, 4.69) is 33.0 Å². The van der Waals surface area contributed by atoms with Crippen molar-refractivity contribution in [3.8, 4) is 0 Å². The van der Waals surface area contributed by atoms with Gasteiger partial charge in [0.1, 0.15) is 0 Å². The third-order valence-electron chi connectivity index (χ3n) is 4.48. The summed E-state index contributed by atoms with van der Waals surface area (Å²) in [5, 5.41) is 3.22. The lowest BCUT2D eigenvalue weighted by Gasteiger charge is -2.39. The van der Waals surface area contributed by atoms with Crippen LogP contribution in [0.3, 0.4) is 0 Å². The standard InChI is InChI=1S/C15H31NO2S/c1-6-11(3)10-19(17,18)15-13(5)8-12(4)9-14(15)16-7-2/h11-16H,6-10H2,1-5H3. The van der Waals surface area contributed by atoms with Gasteiger partial charge in [-0.05, 0) is 37.1 Å². The van der Waals surface area contributed by atoms with Gasteiger partial charge in [0, 0.05) is 6.04 Å². The molecule has 1 aliphatic rings. The van der Waals surface area contributed by atoms with Gasteiger partial charge < -0.3 is 5.32 Å². The van der Waals surface area contributed by atoms with E-state index in [1.54, 1.807) is 0 Å². The van der Waals surface area contributed by atoms with Crippen LogP contribution in [0.4, 0.5) is 0 Å². The molecule has 0 amide bonds. The van der Waals surface area contributed by atoms with Crippen LogP contribution in [0.5, 0.6) is 0 Å². The zero-order chi connectivity index (χ0) is 14.6. The highest BCUT2D eigenvalue weighted by Gasteiger charge is 2.41. The third kappa shape index (κ3) is 4.45. The highest BCUT2D eigenvalue weighted by Crippen LogP contribution is 2.34. The molecule has 114 valence electrons. The fraction of sp³-hybridized carbons (Fsp3) is 1.00. The van der Waals surface area contributed by atoms with Gasteiger partial charge in [-0.25, -0.2) is 8.42 Å². The summed E-state index contributed by atoms with van der Waals surface area (Å²) >= 11 is 0. The first-order chi connectivity index (χ1) is 8.81.